The number of carbonyl (C=O) groups is 4. The first-order valence-corrected chi connectivity index (χ1v) is 25.9. The lowest BCUT2D eigenvalue weighted by Crippen LogP contribution is -2.53. The molecule has 5 aliphatic heterocycles. The maximum Gasteiger partial charge on any atom is 0.329 e. The van der Waals surface area contributed by atoms with E-state index >= 15 is 8.78 Å². The fourth-order valence-electron chi connectivity index (χ4n) is 11.7. The molecule has 5 atom stereocenters. The topological polar surface area (TPSA) is 153 Å². The highest BCUT2D eigenvalue weighted by atomic mass is 19.3. The molecule has 74 heavy (non-hydrogen) atoms. The molecule has 0 aliphatic carbocycles. The molecule has 5 fully saturated rings. The smallest absolute Gasteiger partial charge is 0.329 e. The number of aromatic nitrogens is 2. The number of amides is 4. The predicted molar refractivity (Wildman–Crippen MR) is 276 cm³/mol. The first kappa shape index (κ1) is 50.8. The van der Waals surface area contributed by atoms with Crippen molar-refractivity contribution in [3.05, 3.63) is 106 Å². The van der Waals surface area contributed by atoms with E-state index in [1.807, 2.05) is 66.4 Å². The van der Waals surface area contributed by atoms with Crippen molar-refractivity contribution in [3.8, 4) is 11.8 Å². The summed E-state index contributed by atoms with van der Waals surface area (Å²) in [5.74, 6) is 1.68. The number of imide groups is 1. The van der Waals surface area contributed by atoms with Crippen LogP contribution in [0.2, 0.25) is 0 Å². The summed E-state index contributed by atoms with van der Waals surface area (Å²) < 4.78 is 63.9. The van der Waals surface area contributed by atoms with Crippen LogP contribution in [0.25, 0.3) is 21.8 Å². The van der Waals surface area contributed by atoms with Gasteiger partial charge in [-0.15, -0.1) is 0 Å². The van der Waals surface area contributed by atoms with Crippen molar-refractivity contribution < 1.29 is 36.7 Å². The molecule has 0 bridgehead atoms. The standard InChI is InChI=1S/C56H63F4N9O5/c1-34-8-12-39(63-49-30-61-32-56(49,59)60)28-44(34)51(71)62-35(2)41-14-11-36(42-6-4-5-7-43(41)42)9-10-37-18-23-66(31-45(37)57)33-55(58)21-26-68(27-22-55)53(73)38-19-24-67(25-20-38)40-13-15-46-48(29-40)65(3)54(74)69(46)47-16-17-50(70)64-52(47)72/h4-8,11-15,28-29,35,37-38,45,47,49,61,63H,16-27,30-33H2,1-3H3,(H,62,71)(H,64,70,72)/t35-,37-,45+,47?,49+/m1/s1. The Labute approximate surface area is 427 Å². The minimum atomic E-state index is -2.91. The van der Waals surface area contributed by atoms with Crippen LogP contribution in [0.15, 0.2) is 77.6 Å². The number of anilines is 2. The van der Waals surface area contributed by atoms with Crippen molar-refractivity contribution in [2.45, 2.75) is 94.7 Å². The molecule has 5 saturated heterocycles. The summed E-state index contributed by atoms with van der Waals surface area (Å²) >= 11 is 0. The van der Waals surface area contributed by atoms with Gasteiger partial charge in [-0.2, -0.15) is 0 Å². The maximum absolute atomic E-state index is 16.5. The number of hydrogen-bond donors (Lipinski definition) is 4. The Bertz CT molecular complexity index is 3130. The Morgan fingerprint density at radius 3 is 2.35 bits per heavy atom. The number of halogens is 4. The fraction of sp³-hybridized carbons (Fsp3) is 0.482. The molecule has 0 saturated carbocycles. The van der Waals surface area contributed by atoms with E-state index in [0.717, 1.165) is 27.6 Å². The molecule has 18 heteroatoms. The second kappa shape index (κ2) is 20.5. The summed E-state index contributed by atoms with van der Waals surface area (Å²) in [5.41, 5.74) is 3.44. The molecule has 10 rings (SSSR count). The lowest BCUT2D eigenvalue weighted by Gasteiger charge is -2.42. The van der Waals surface area contributed by atoms with E-state index in [9.17, 15) is 32.8 Å². The Hall–Kier alpha value is -6.71. The number of aryl methyl sites for hydroxylation is 2. The van der Waals surface area contributed by atoms with Crippen molar-refractivity contribution in [1.29, 1.82) is 0 Å². The number of imidazole rings is 1. The summed E-state index contributed by atoms with van der Waals surface area (Å²) in [5, 5.41) is 12.8. The zero-order chi connectivity index (χ0) is 52.1. The third-order valence-electron chi connectivity index (χ3n) is 16.1. The highest BCUT2D eigenvalue weighted by molar-refractivity contribution is 6.00. The highest BCUT2D eigenvalue weighted by Crippen LogP contribution is 2.35. The molecule has 5 aromatic rings. The number of carbonyl (C=O) groups excluding carboxylic acids is 4. The van der Waals surface area contributed by atoms with Crippen molar-refractivity contribution >= 4 is 56.8 Å². The number of alkyl halides is 4. The predicted octanol–water partition coefficient (Wildman–Crippen LogP) is 6.55. The second-order valence-corrected chi connectivity index (χ2v) is 21.1. The molecule has 14 nitrogen and oxygen atoms in total. The highest BCUT2D eigenvalue weighted by Gasteiger charge is 2.44. The van der Waals surface area contributed by atoms with Gasteiger partial charge in [0, 0.05) is 101 Å². The van der Waals surface area contributed by atoms with Gasteiger partial charge in [0.2, 0.25) is 17.7 Å². The van der Waals surface area contributed by atoms with Crippen LogP contribution in [0.1, 0.15) is 91.0 Å². The average Bonchev–Trinajstić information content (AvgIpc) is 3.85. The van der Waals surface area contributed by atoms with E-state index in [1.165, 1.54) is 9.13 Å². The van der Waals surface area contributed by atoms with E-state index in [1.54, 1.807) is 37.1 Å². The van der Waals surface area contributed by atoms with E-state index in [0.29, 0.717) is 79.8 Å². The van der Waals surface area contributed by atoms with Crippen molar-refractivity contribution in [1.82, 2.24) is 34.9 Å². The van der Waals surface area contributed by atoms with Gasteiger partial charge < -0.3 is 25.8 Å². The summed E-state index contributed by atoms with van der Waals surface area (Å²) in [4.78, 5) is 70.9. The van der Waals surface area contributed by atoms with E-state index < -0.39 is 54.3 Å². The third-order valence-corrected chi connectivity index (χ3v) is 16.1. The molecule has 5 aliphatic rings. The normalized spacial score (nSPS) is 23.8. The first-order chi connectivity index (χ1) is 35.4. The van der Waals surface area contributed by atoms with E-state index in [4.69, 9.17) is 0 Å². The number of nitrogens with one attached hydrogen (secondary N) is 4. The number of likely N-dealkylation sites (tertiary alicyclic amines) is 2. The van der Waals surface area contributed by atoms with Crippen LogP contribution in [-0.2, 0) is 21.4 Å². The Balaban J connectivity index is 0.700. The number of benzene rings is 4. The molecule has 390 valence electrons. The first-order valence-electron chi connectivity index (χ1n) is 25.9. The van der Waals surface area contributed by atoms with Crippen molar-refractivity contribution in [2.24, 2.45) is 18.9 Å². The second-order valence-electron chi connectivity index (χ2n) is 21.1. The number of hydrogen-bond acceptors (Lipinski definition) is 9. The summed E-state index contributed by atoms with van der Waals surface area (Å²) in [6, 6.07) is 20.0. The van der Waals surface area contributed by atoms with Crippen molar-refractivity contribution in [2.75, 3.05) is 69.1 Å². The largest absolute Gasteiger partial charge is 0.375 e. The van der Waals surface area contributed by atoms with Crippen LogP contribution in [0.4, 0.5) is 28.9 Å². The Kier molecular flexibility index (Phi) is 14.1. The third kappa shape index (κ3) is 10.2. The molecule has 1 aromatic heterocycles. The Morgan fingerprint density at radius 2 is 1.64 bits per heavy atom. The quantitative estimate of drug-likeness (QED) is 0.0694. The molecule has 4 aromatic carbocycles. The van der Waals surface area contributed by atoms with Crippen LogP contribution >= 0.6 is 0 Å². The zero-order valence-corrected chi connectivity index (χ0v) is 42.0. The van der Waals surface area contributed by atoms with Gasteiger partial charge in [-0.1, -0.05) is 48.2 Å². The molecule has 0 spiro atoms. The monoisotopic (exact) mass is 1020 g/mol. The van der Waals surface area contributed by atoms with E-state index in [-0.39, 0.29) is 74.6 Å². The lowest BCUT2D eigenvalue weighted by molar-refractivity contribution is -0.139. The van der Waals surface area contributed by atoms with Gasteiger partial charge in [-0.05, 0) is 104 Å². The lowest BCUT2D eigenvalue weighted by atomic mass is 9.88. The summed E-state index contributed by atoms with van der Waals surface area (Å²) in [6.45, 7) is 5.94. The minimum absolute atomic E-state index is 0.0373. The van der Waals surface area contributed by atoms with Crippen LogP contribution in [-0.4, -0.2) is 125 Å². The van der Waals surface area contributed by atoms with Gasteiger partial charge in [0.1, 0.15) is 23.9 Å². The van der Waals surface area contributed by atoms with Crippen LogP contribution in [0.3, 0.4) is 0 Å². The van der Waals surface area contributed by atoms with Crippen LogP contribution in [0, 0.1) is 30.6 Å². The molecular weight excluding hydrogens is 955 g/mol. The van der Waals surface area contributed by atoms with Crippen molar-refractivity contribution in [3.63, 3.8) is 0 Å². The molecule has 0 radical (unpaired) electrons. The fourth-order valence-corrected chi connectivity index (χ4v) is 11.7. The average molecular weight is 1020 g/mol. The summed E-state index contributed by atoms with van der Waals surface area (Å²) in [6.07, 6.45) is 1.22. The van der Waals surface area contributed by atoms with E-state index in [2.05, 4.69) is 38.0 Å². The molecule has 4 N–H and O–H groups in total. The molecular formula is C56H63F4N9O5. The van der Waals surface area contributed by atoms with Gasteiger partial charge in [0.25, 0.3) is 11.8 Å². The zero-order valence-electron chi connectivity index (χ0n) is 42.0. The number of rotatable bonds is 10. The van der Waals surface area contributed by atoms with Gasteiger partial charge in [0.05, 0.1) is 29.5 Å². The minimum Gasteiger partial charge on any atom is -0.375 e. The summed E-state index contributed by atoms with van der Waals surface area (Å²) in [7, 11) is 1.67. The number of piperidine rings is 4. The SMILES string of the molecule is Cc1ccc(N[C@H]2CNCC2(F)F)cc1C(=O)N[C@H](C)c1ccc(C#C[C@@H]2CCN(CC3(F)CCN(C(=O)C4CCN(c5ccc6c(c5)n(C)c(=O)n6C5CCC(=O)NC5=O)CC4)CC3)C[C@@H]2F)c2ccccc12. The van der Waals surface area contributed by atoms with Gasteiger partial charge in [-0.25, -0.2) is 22.4 Å². The van der Waals surface area contributed by atoms with Crippen LogP contribution in [0.5, 0.6) is 0 Å². The van der Waals surface area contributed by atoms with Gasteiger partial charge in [0.15, 0.2) is 0 Å². The maximum atomic E-state index is 16.5. The molecule has 1 unspecified atom stereocenters. The molecule has 4 amide bonds. The number of nitrogens with zero attached hydrogens (tertiary/aromatic N) is 5. The van der Waals surface area contributed by atoms with Gasteiger partial charge in [-0.3, -0.25) is 38.5 Å². The molecule has 6 heterocycles. The van der Waals surface area contributed by atoms with Gasteiger partial charge >= 0.3 is 5.69 Å². The number of fused-ring (bicyclic) bond motifs is 2. The van der Waals surface area contributed by atoms with Crippen LogP contribution < -0.4 is 31.9 Å². The Morgan fingerprint density at radius 1 is 0.878 bits per heavy atom.